The fraction of sp³-hybridized carbons (Fsp3) is 0.0714. The van der Waals surface area contributed by atoms with Crippen LogP contribution in [0.5, 0.6) is 0 Å². The van der Waals surface area contributed by atoms with Crippen LogP contribution in [0.15, 0.2) is 51.5 Å². The first-order chi connectivity index (χ1) is 10.2. The first-order valence-corrected chi connectivity index (χ1v) is 6.23. The number of hydrogen-bond donors (Lipinski definition) is 2. The predicted molar refractivity (Wildman–Crippen MR) is 75.8 cm³/mol. The lowest BCUT2D eigenvalue weighted by molar-refractivity contribution is 0.261. The van der Waals surface area contributed by atoms with Gasteiger partial charge in [-0.2, -0.15) is 0 Å². The van der Waals surface area contributed by atoms with Crippen molar-refractivity contribution in [1.29, 1.82) is 0 Å². The summed E-state index contributed by atoms with van der Waals surface area (Å²) in [7, 11) is 0. The van der Waals surface area contributed by atoms with Crippen LogP contribution in [0, 0.1) is 6.92 Å². The van der Waals surface area contributed by atoms with E-state index >= 15 is 0 Å². The summed E-state index contributed by atoms with van der Waals surface area (Å²) in [5.74, 6) is 0.640. The molecule has 0 saturated heterocycles. The lowest BCUT2D eigenvalue weighted by Crippen LogP contribution is -2.20. The monoisotopic (exact) mass is 284 g/mol. The van der Waals surface area contributed by atoms with Gasteiger partial charge in [0.2, 0.25) is 0 Å². The molecule has 2 N–H and O–H groups in total. The van der Waals surface area contributed by atoms with Gasteiger partial charge in [0, 0.05) is 5.69 Å². The molecule has 0 spiro atoms. The molecule has 21 heavy (non-hydrogen) atoms. The molecule has 3 aromatic rings. The number of para-hydroxylation sites is 1. The quantitative estimate of drug-likeness (QED) is 0.769. The highest BCUT2D eigenvalue weighted by molar-refractivity contribution is 5.98. The first kappa shape index (κ1) is 12.9. The number of urea groups is 1. The van der Waals surface area contributed by atoms with Gasteiger partial charge < -0.3 is 14.2 Å². The summed E-state index contributed by atoms with van der Waals surface area (Å²) in [5, 5.41) is 12.7. The van der Waals surface area contributed by atoms with Gasteiger partial charge in [-0.15, -0.1) is 5.10 Å². The molecule has 0 aliphatic rings. The molecule has 0 bridgehead atoms. The Labute approximate surface area is 120 Å². The van der Waals surface area contributed by atoms with Crippen molar-refractivity contribution in [1.82, 2.24) is 10.2 Å². The van der Waals surface area contributed by atoms with E-state index in [2.05, 4.69) is 20.8 Å². The SMILES string of the molecule is Cc1ccccc1NC(=O)Nc1nnc(-c2ccco2)o1. The number of carbonyl (C=O) groups is 1. The van der Waals surface area contributed by atoms with Crippen LogP contribution in [0.3, 0.4) is 0 Å². The molecule has 106 valence electrons. The number of furan rings is 1. The van der Waals surface area contributed by atoms with E-state index in [0.717, 1.165) is 5.56 Å². The topological polar surface area (TPSA) is 93.2 Å². The third-order valence-electron chi connectivity index (χ3n) is 2.77. The van der Waals surface area contributed by atoms with Crippen molar-refractivity contribution in [3.05, 3.63) is 48.2 Å². The molecule has 0 aliphatic heterocycles. The van der Waals surface area contributed by atoms with Gasteiger partial charge in [-0.1, -0.05) is 23.3 Å². The van der Waals surface area contributed by atoms with Crippen LogP contribution >= 0.6 is 0 Å². The van der Waals surface area contributed by atoms with Crippen molar-refractivity contribution in [3.8, 4) is 11.7 Å². The highest BCUT2D eigenvalue weighted by atomic mass is 16.4. The number of nitrogens with zero attached hydrogens (tertiary/aromatic N) is 2. The molecule has 0 fully saturated rings. The average Bonchev–Trinajstić information content (AvgIpc) is 3.12. The summed E-state index contributed by atoms with van der Waals surface area (Å²) in [6.07, 6.45) is 1.50. The van der Waals surface area contributed by atoms with Crippen molar-refractivity contribution in [2.75, 3.05) is 10.6 Å². The molecular formula is C14H12N4O3. The summed E-state index contributed by atoms with van der Waals surface area (Å²) in [6, 6.07) is 10.4. The van der Waals surface area contributed by atoms with Crippen molar-refractivity contribution < 1.29 is 13.6 Å². The zero-order valence-electron chi connectivity index (χ0n) is 11.2. The van der Waals surface area contributed by atoms with E-state index in [1.807, 2.05) is 25.1 Å². The Kier molecular flexibility index (Phi) is 3.38. The first-order valence-electron chi connectivity index (χ1n) is 6.23. The molecule has 3 rings (SSSR count). The molecule has 7 heteroatoms. The molecule has 2 amide bonds. The second-order valence-corrected chi connectivity index (χ2v) is 4.28. The van der Waals surface area contributed by atoms with Crippen molar-refractivity contribution in [2.24, 2.45) is 0 Å². The molecule has 1 aromatic carbocycles. The number of amides is 2. The fourth-order valence-corrected chi connectivity index (χ4v) is 1.74. The van der Waals surface area contributed by atoms with Crippen molar-refractivity contribution in [3.63, 3.8) is 0 Å². The largest absolute Gasteiger partial charge is 0.459 e. The van der Waals surface area contributed by atoms with Crippen LogP contribution in [0.1, 0.15) is 5.56 Å². The average molecular weight is 284 g/mol. The third-order valence-corrected chi connectivity index (χ3v) is 2.77. The highest BCUT2D eigenvalue weighted by Crippen LogP contribution is 2.20. The molecule has 2 heterocycles. The minimum Gasteiger partial charge on any atom is -0.459 e. The Morgan fingerprint density at radius 1 is 1.10 bits per heavy atom. The van der Waals surface area contributed by atoms with Crippen LogP contribution in [0.25, 0.3) is 11.7 Å². The number of nitrogens with one attached hydrogen (secondary N) is 2. The Balaban J connectivity index is 1.67. The summed E-state index contributed by atoms with van der Waals surface area (Å²) in [6.45, 7) is 1.90. The van der Waals surface area contributed by atoms with E-state index in [0.29, 0.717) is 11.4 Å². The standard InChI is InChI=1S/C14H12N4O3/c1-9-5-2-3-6-10(9)15-13(19)16-14-18-17-12(21-14)11-7-4-8-20-11/h2-8H,1H3,(H2,15,16,18,19). The maximum absolute atomic E-state index is 11.9. The molecule has 0 atom stereocenters. The zero-order chi connectivity index (χ0) is 14.7. The number of anilines is 2. The number of hydrogen-bond acceptors (Lipinski definition) is 5. The van der Waals surface area contributed by atoms with E-state index in [-0.39, 0.29) is 11.9 Å². The van der Waals surface area contributed by atoms with Gasteiger partial charge in [-0.25, -0.2) is 4.79 Å². The van der Waals surface area contributed by atoms with E-state index in [1.165, 1.54) is 6.26 Å². The maximum atomic E-state index is 11.9. The van der Waals surface area contributed by atoms with Gasteiger partial charge >= 0.3 is 12.0 Å². The normalized spacial score (nSPS) is 10.3. The van der Waals surface area contributed by atoms with Gasteiger partial charge in [0.25, 0.3) is 5.89 Å². The number of carbonyl (C=O) groups excluding carboxylic acids is 1. The van der Waals surface area contributed by atoms with E-state index in [4.69, 9.17) is 8.83 Å². The second-order valence-electron chi connectivity index (χ2n) is 4.28. The minimum atomic E-state index is -0.459. The molecule has 0 saturated carbocycles. The van der Waals surface area contributed by atoms with Crippen molar-refractivity contribution in [2.45, 2.75) is 6.92 Å². The van der Waals surface area contributed by atoms with Gasteiger partial charge in [-0.3, -0.25) is 5.32 Å². The molecule has 2 aromatic heterocycles. The summed E-state index contributed by atoms with van der Waals surface area (Å²) in [4.78, 5) is 11.9. The van der Waals surface area contributed by atoms with E-state index in [1.54, 1.807) is 18.2 Å². The summed E-state index contributed by atoms with van der Waals surface area (Å²) >= 11 is 0. The highest BCUT2D eigenvalue weighted by Gasteiger charge is 2.13. The second kappa shape index (κ2) is 5.49. The molecule has 0 unspecified atom stereocenters. The molecule has 0 aliphatic carbocycles. The minimum absolute atomic E-state index is 0.00696. The molecule has 0 radical (unpaired) electrons. The van der Waals surface area contributed by atoms with Crippen molar-refractivity contribution >= 4 is 17.7 Å². The maximum Gasteiger partial charge on any atom is 0.327 e. The van der Waals surface area contributed by atoms with Gasteiger partial charge in [-0.05, 0) is 30.7 Å². The Morgan fingerprint density at radius 3 is 2.71 bits per heavy atom. The lowest BCUT2D eigenvalue weighted by Gasteiger charge is -2.06. The van der Waals surface area contributed by atoms with Gasteiger partial charge in [0.05, 0.1) is 6.26 Å². The van der Waals surface area contributed by atoms with Crippen LogP contribution in [-0.2, 0) is 0 Å². The smallest absolute Gasteiger partial charge is 0.327 e. The Morgan fingerprint density at radius 2 is 1.95 bits per heavy atom. The molecule has 7 nitrogen and oxygen atoms in total. The number of aromatic nitrogens is 2. The predicted octanol–water partition coefficient (Wildman–Crippen LogP) is 3.28. The zero-order valence-corrected chi connectivity index (χ0v) is 11.2. The lowest BCUT2D eigenvalue weighted by atomic mass is 10.2. The van der Waals surface area contributed by atoms with E-state index in [9.17, 15) is 4.79 Å². The Bertz CT molecular complexity index is 749. The fourth-order valence-electron chi connectivity index (χ4n) is 1.74. The Hall–Kier alpha value is -3.09. The van der Waals surface area contributed by atoms with Crippen LogP contribution in [0.4, 0.5) is 16.5 Å². The summed E-state index contributed by atoms with van der Waals surface area (Å²) < 4.78 is 10.4. The van der Waals surface area contributed by atoms with Crippen LogP contribution in [-0.4, -0.2) is 16.2 Å². The third kappa shape index (κ3) is 2.92. The number of benzene rings is 1. The van der Waals surface area contributed by atoms with Crippen LogP contribution in [0.2, 0.25) is 0 Å². The van der Waals surface area contributed by atoms with Gasteiger partial charge in [0.1, 0.15) is 0 Å². The summed E-state index contributed by atoms with van der Waals surface area (Å²) in [5.41, 5.74) is 1.66. The number of rotatable bonds is 3. The van der Waals surface area contributed by atoms with E-state index < -0.39 is 6.03 Å². The van der Waals surface area contributed by atoms with Gasteiger partial charge in [0.15, 0.2) is 5.76 Å². The van der Waals surface area contributed by atoms with Crippen LogP contribution < -0.4 is 10.6 Å². The molecular weight excluding hydrogens is 272 g/mol. The number of aryl methyl sites for hydroxylation is 1.